The maximum atomic E-state index is 12.9. The summed E-state index contributed by atoms with van der Waals surface area (Å²) >= 11 is 0. The Morgan fingerprint density at radius 2 is 1.59 bits per heavy atom. The van der Waals surface area contributed by atoms with Crippen LogP contribution in [0.3, 0.4) is 0 Å². The Morgan fingerprint density at radius 1 is 0.875 bits per heavy atom. The number of fused-ring (bicyclic) bond motifs is 1. The van der Waals surface area contributed by atoms with Crippen molar-refractivity contribution in [2.45, 2.75) is 19.8 Å². The van der Waals surface area contributed by atoms with Crippen LogP contribution in [0.5, 0.6) is 0 Å². The van der Waals surface area contributed by atoms with Crippen molar-refractivity contribution in [3.8, 4) is 0 Å². The van der Waals surface area contributed by atoms with Crippen LogP contribution in [0.4, 0.5) is 23.0 Å². The molecule has 0 aliphatic carbocycles. The minimum atomic E-state index is -0.121. The van der Waals surface area contributed by atoms with Gasteiger partial charge in [0, 0.05) is 36.1 Å². The average molecular weight is 424 g/mol. The first kappa shape index (κ1) is 20.0. The molecule has 0 atom stereocenters. The lowest BCUT2D eigenvalue weighted by Gasteiger charge is -2.18. The maximum absolute atomic E-state index is 12.9. The summed E-state index contributed by atoms with van der Waals surface area (Å²) in [4.78, 5) is 24.3. The number of nitrogens with zero attached hydrogens (tertiary/aromatic N) is 3. The molecule has 3 aromatic carbocycles. The molecule has 1 amide bonds. The molecule has 32 heavy (non-hydrogen) atoms. The second-order valence-corrected chi connectivity index (χ2v) is 8.04. The Balaban J connectivity index is 1.30. The molecule has 6 nitrogen and oxygen atoms in total. The van der Waals surface area contributed by atoms with E-state index in [9.17, 15) is 4.79 Å². The highest BCUT2D eigenvalue weighted by Crippen LogP contribution is 2.24. The topological polar surface area (TPSA) is 70.2 Å². The van der Waals surface area contributed by atoms with Crippen molar-refractivity contribution in [2.24, 2.45) is 0 Å². The van der Waals surface area contributed by atoms with Gasteiger partial charge in [0.2, 0.25) is 0 Å². The van der Waals surface area contributed by atoms with Crippen LogP contribution >= 0.6 is 0 Å². The van der Waals surface area contributed by atoms with Gasteiger partial charge in [0.1, 0.15) is 17.5 Å². The van der Waals surface area contributed by atoms with Gasteiger partial charge in [-0.15, -0.1) is 0 Å². The summed E-state index contributed by atoms with van der Waals surface area (Å²) in [5, 5.41) is 8.34. The van der Waals surface area contributed by atoms with Crippen LogP contribution in [0.2, 0.25) is 0 Å². The molecule has 0 bridgehead atoms. The Kier molecular flexibility index (Phi) is 5.42. The second-order valence-electron chi connectivity index (χ2n) is 8.04. The van der Waals surface area contributed by atoms with Crippen LogP contribution in [0, 0.1) is 6.92 Å². The highest BCUT2D eigenvalue weighted by molar-refractivity contribution is 6.12. The fourth-order valence-corrected chi connectivity index (χ4v) is 4.13. The van der Waals surface area contributed by atoms with E-state index in [-0.39, 0.29) is 5.91 Å². The van der Waals surface area contributed by atoms with E-state index in [1.165, 1.54) is 12.8 Å². The Labute approximate surface area is 187 Å². The fraction of sp³-hybridized carbons (Fsp3) is 0.192. The molecule has 1 aliphatic rings. The van der Waals surface area contributed by atoms with Gasteiger partial charge in [-0.2, -0.15) is 0 Å². The van der Waals surface area contributed by atoms with E-state index < -0.39 is 0 Å². The van der Waals surface area contributed by atoms with Crippen LogP contribution in [0.25, 0.3) is 10.8 Å². The van der Waals surface area contributed by atoms with Crippen molar-refractivity contribution in [2.75, 3.05) is 28.6 Å². The van der Waals surface area contributed by atoms with E-state index in [1.807, 2.05) is 79.7 Å². The van der Waals surface area contributed by atoms with E-state index in [4.69, 9.17) is 0 Å². The van der Waals surface area contributed by atoms with Crippen LogP contribution in [0.1, 0.15) is 29.0 Å². The molecule has 1 fully saturated rings. The van der Waals surface area contributed by atoms with Gasteiger partial charge < -0.3 is 15.5 Å². The quantitative estimate of drug-likeness (QED) is 0.441. The third-order valence-corrected chi connectivity index (χ3v) is 5.70. The van der Waals surface area contributed by atoms with E-state index in [2.05, 4.69) is 25.5 Å². The lowest BCUT2D eigenvalue weighted by Crippen LogP contribution is -2.19. The van der Waals surface area contributed by atoms with E-state index in [0.717, 1.165) is 52.7 Å². The van der Waals surface area contributed by atoms with Crippen LogP contribution in [-0.4, -0.2) is 29.0 Å². The van der Waals surface area contributed by atoms with Crippen molar-refractivity contribution in [3.05, 3.63) is 84.2 Å². The van der Waals surface area contributed by atoms with Crippen LogP contribution in [-0.2, 0) is 0 Å². The van der Waals surface area contributed by atoms with Crippen molar-refractivity contribution >= 4 is 39.7 Å². The van der Waals surface area contributed by atoms with Gasteiger partial charge in [-0.25, -0.2) is 9.97 Å². The molecule has 0 saturated carbocycles. The lowest BCUT2D eigenvalue weighted by molar-refractivity contribution is 0.102. The van der Waals surface area contributed by atoms with Gasteiger partial charge in [0.15, 0.2) is 0 Å². The first-order chi connectivity index (χ1) is 15.7. The molecule has 6 heteroatoms. The number of benzene rings is 3. The van der Waals surface area contributed by atoms with Gasteiger partial charge in [0.05, 0.1) is 0 Å². The molecule has 5 rings (SSSR count). The molecule has 2 heterocycles. The number of aryl methyl sites for hydroxylation is 1. The summed E-state index contributed by atoms with van der Waals surface area (Å²) < 4.78 is 0. The summed E-state index contributed by atoms with van der Waals surface area (Å²) in [6.45, 7) is 4.00. The smallest absolute Gasteiger partial charge is 0.256 e. The summed E-state index contributed by atoms with van der Waals surface area (Å²) in [5.74, 6) is 2.36. The molecule has 1 saturated heterocycles. The molecule has 0 unspecified atom stereocenters. The number of carbonyl (C=O) groups is 1. The van der Waals surface area contributed by atoms with Gasteiger partial charge in [-0.1, -0.05) is 36.4 Å². The first-order valence-corrected chi connectivity index (χ1v) is 10.9. The van der Waals surface area contributed by atoms with Gasteiger partial charge in [0.25, 0.3) is 5.91 Å². The zero-order valence-electron chi connectivity index (χ0n) is 18.0. The number of amides is 1. The maximum Gasteiger partial charge on any atom is 0.256 e. The fourth-order valence-electron chi connectivity index (χ4n) is 4.13. The monoisotopic (exact) mass is 423 g/mol. The number of hydrogen-bond donors (Lipinski definition) is 2. The molecular formula is C26H25N5O. The predicted molar refractivity (Wildman–Crippen MR) is 130 cm³/mol. The van der Waals surface area contributed by atoms with Crippen molar-refractivity contribution in [1.82, 2.24) is 9.97 Å². The molecule has 0 radical (unpaired) electrons. The summed E-state index contributed by atoms with van der Waals surface area (Å²) in [6.07, 6.45) is 2.41. The number of carbonyl (C=O) groups excluding carboxylic acids is 1. The SMILES string of the molecule is Cc1nc(Nc2ccc(NC(=O)c3cccc4ccccc34)cc2)cc(N2CCCC2)n1. The Bertz CT molecular complexity index is 1260. The summed E-state index contributed by atoms with van der Waals surface area (Å²) in [6, 6.07) is 23.3. The third kappa shape index (κ3) is 4.25. The van der Waals surface area contributed by atoms with Gasteiger partial charge in [-0.3, -0.25) is 4.79 Å². The number of nitrogens with one attached hydrogen (secondary N) is 2. The third-order valence-electron chi connectivity index (χ3n) is 5.70. The van der Waals surface area contributed by atoms with Gasteiger partial charge in [-0.05, 0) is 60.9 Å². The minimum Gasteiger partial charge on any atom is -0.356 e. The van der Waals surface area contributed by atoms with Crippen molar-refractivity contribution < 1.29 is 4.79 Å². The highest BCUT2D eigenvalue weighted by Gasteiger charge is 2.15. The number of anilines is 4. The van der Waals surface area contributed by atoms with Crippen LogP contribution in [0.15, 0.2) is 72.8 Å². The number of hydrogen-bond acceptors (Lipinski definition) is 5. The Hall–Kier alpha value is -3.93. The molecule has 0 spiro atoms. The second kappa shape index (κ2) is 8.67. The van der Waals surface area contributed by atoms with E-state index in [0.29, 0.717) is 5.56 Å². The molecule has 160 valence electrons. The lowest BCUT2D eigenvalue weighted by atomic mass is 10.0. The van der Waals surface area contributed by atoms with Crippen molar-refractivity contribution in [3.63, 3.8) is 0 Å². The largest absolute Gasteiger partial charge is 0.356 e. The normalized spacial score (nSPS) is 13.3. The van der Waals surface area contributed by atoms with Crippen molar-refractivity contribution in [1.29, 1.82) is 0 Å². The first-order valence-electron chi connectivity index (χ1n) is 10.9. The zero-order chi connectivity index (χ0) is 21.9. The van der Waals surface area contributed by atoms with Gasteiger partial charge >= 0.3 is 0 Å². The van der Waals surface area contributed by atoms with E-state index in [1.54, 1.807) is 0 Å². The highest BCUT2D eigenvalue weighted by atomic mass is 16.1. The number of aromatic nitrogens is 2. The summed E-state index contributed by atoms with van der Waals surface area (Å²) in [5.41, 5.74) is 2.31. The standard InChI is InChI=1S/C26H25N5O/c1-18-27-24(17-25(28-18)31-15-4-5-16-31)29-20-11-13-21(14-12-20)30-26(32)23-10-6-8-19-7-2-3-9-22(19)23/h2-3,6-14,17H,4-5,15-16H2,1H3,(H,30,32)(H,27,28,29). The Morgan fingerprint density at radius 3 is 2.41 bits per heavy atom. The zero-order valence-corrected chi connectivity index (χ0v) is 18.0. The molecule has 1 aliphatic heterocycles. The minimum absolute atomic E-state index is 0.121. The van der Waals surface area contributed by atoms with Crippen LogP contribution < -0.4 is 15.5 Å². The molecule has 1 aromatic heterocycles. The summed E-state index contributed by atoms with van der Waals surface area (Å²) in [7, 11) is 0. The average Bonchev–Trinajstić information content (AvgIpc) is 3.35. The molecule has 2 N–H and O–H groups in total. The molecular weight excluding hydrogens is 398 g/mol. The molecule has 4 aromatic rings. The number of rotatable bonds is 5. The predicted octanol–water partition coefficient (Wildman–Crippen LogP) is 5.53. The van der Waals surface area contributed by atoms with E-state index >= 15 is 0 Å².